The Morgan fingerprint density at radius 2 is 1.62 bits per heavy atom. The van der Waals surface area contributed by atoms with Crippen molar-refractivity contribution in [3.8, 4) is 0 Å². The summed E-state index contributed by atoms with van der Waals surface area (Å²) in [5, 5.41) is 5.27. The van der Waals surface area contributed by atoms with Crippen LogP contribution in [0.15, 0.2) is 59.7 Å². The van der Waals surface area contributed by atoms with E-state index in [9.17, 15) is 14.4 Å². The van der Waals surface area contributed by atoms with E-state index in [1.165, 1.54) is 13.8 Å². The molecule has 130 valence electrons. The second-order valence-corrected chi connectivity index (χ2v) is 6.02. The van der Waals surface area contributed by atoms with Gasteiger partial charge in [-0.15, -0.1) is 5.10 Å². The highest BCUT2D eigenvalue weighted by molar-refractivity contribution is 6.23. The van der Waals surface area contributed by atoms with Crippen molar-refractivity contribution in [1.29, 1.82) is 0 Å². The van der Waals surface area contributed by atoms with Crippen LogP contribution >= 0.6 is 0 Å². The van der Waals surface area contributed by atoms with Crippen LogP contribution in [0.1, 0.15) is 25.0 Å². The lowest BCUT2D eigenvalue weighted by Gasteiger charge is -2.28. The van der Waals surface area contributed by atoms with Gasteiger partial charge in [0, 0.05) is 19.4 Å². The zero-order valence-electron chi connectivity index (χ0n) is 14.2. The molecule has 2 heterocycles. The molecular weight excluding hydrogens is 334 g/mol. The zero-order chi connectivity index (χ0) is 18.5. The molecule has 0 saturated heterocycles. The van der Waals surface area contributed by atoms with Crippen molar-refractivity contribution in [2.45, 2.75) is 19.6 Å². The van der Waals surface area contributed by atoms with Gasteiger partial charge in [0.25, 0.3) is 0 Å². The molecule has 4 rings (SSSR count). The molecule has 0 fully saturated rings. The molecule has 2 aromatic carbocycles. The number of benzene rings is 2. The number of anilines is 1. The monoisotopic (exact) mass is 349 g/mol. The average Bonchev–Trinajstić information content (AvgIpc) is 3.15. The molecule has 0 aromatic heterocycles. The number of nitrogens with zero attached hydrogens (tertiary/aromatic N) is 3. The second-order valence-electron chi connectivity index (χ2n) is 6.02. The molecule has 2 aliphatic rings. The first kappa shape index (κ1) is 16.0. The predicted octanol–water partition coefficient (Wildman–Crippen LogP) is 1.97. The van der Waals surface area contributed by atoms with Gasteiger partial charge in [0.1, 0.15) is 0 Å². The third-order valence-electron chi connectivity index (χ3n) is 4.37. The standard InChI is InChI=1S/C19H15N3O4/c1-12(23)21-16-11-7-6-10-15(16)19(18(21)25)22(13(2)24)20-17(26-19)14-8-4-3-5-9-14/h3-11H,1-2H3. The molecule has 26 heavy (non-hydrogen) atoms. The van der Waals surface area contributed by atoms with Crippen LogP contribution in [-0.2, 0) is 24.8 Å². The number of para-hydroxylation sites is 1. The largest absolute Gasteiger partial charge is 0.433 e. The van der Waals surface area contributed by atoms with Crippen molar-refractivity contribution in [2.75, 3.05) is 4.90 Å². The molecule has 1 unspecified atom stereocenters. The SMILES string of the molecule is CC(=O)N1C(=O)C2(OC(c3ccccc3)=NN2C(C)=O)c2ccccc21. The van der Waals surface area contributed by atoms with Crippen LogP contribution in [0.5, 0.6) is 0 Å². The summed E-state index contributed by atoms with van der Waals surface area (Å²) in [4.78, 5) is 38.7. The van der Waals surface area contributed by atoms with E-state index in [-0.39, 0.29) is 5.90 Å². The van der Waals surface area contributed by atoms with Crippen molar-refractivity contribution in [3.63, 3.8) is 0 Å². The minimum Gasteiger partial charge on any atom is -0.433 e. The molecule has 0 aliphatic carbocycles. The second kappa shape index (κ2) is 5.52. The molecule has 0 saturated carbocycles. The van der Waals surface area contributed by atoms with E-state index in [4.69, 9.17) is 4.74 Å². The number of ether oxygens (including phenoxy) is 1. The lowest BCUT2D eigenvalue weighted by atomic mass is 10.0. The van der Waals surface area contributed by atoms with Crippen LogP contribution < -0.4 is 4.90 Å². The van der Waals surface area contributed by atoms with Gasteiger partial charge in [-0.1, -0.05) is 36.4 Å². The van der Waals surface area contributed by atoms with Crippen molar-refractivity contribution < 1.29 is 19.1 Å². The summed E-state index contributed by atoms with van der Waals surface area (Å²) in [5.74, 6) is -1.44. The Morgan fingerprint density at radius 1 is 0.962 bits per heavy atom. The number of hydrogen-bond acceptors (Lipinski definition) is 5. The smallest absolute Gasteiger partial charge is 0.314 e. The minimum absolute atomic E-state index is 0.148. The van der Waals surface area contributed by atoms with Gasteiger partial charge in [-0.25, -0.2) is 4.90 Å². The Bertz CT molecular complexity index is 970. The van der Waals surface area contributed by atoms with E-state index >= 15 is 0 Å². The van der Waals surface area contributed by atoms with E-state index in [0.717, 1.165) is 9.91 Å². The molecule has 7 nitrogen and oxygen atoms in total. The van der Waals surface area contributed by atoms with Crippen molar-refractivity contribution >= 4 is 29.3 Å². The normalized spacial score (nSPS) is 20.8. The summed E-state index contributed by atoms with van der Waals surface area (Å²) in [7, 11) is 0. The topological polar surface area (TPSA) is 79.3 Å². The van der Waals surface area contributed by atoms with Crippen molar-refractivity contribution in [3.05, 3.63) is 65.7 Å². The Labute approximate surface area is 149 Å². The lowest BCUT2D eigenvalue weighted by molar-refractivity contribution is -0.162. The maximum atomic E-state index is 13.2. The van der Waals surface area contributed by atoms with Crippen LogP contribution in [0.4, 0.5) is 5.69 Å². The number of hydrazone groups is 1. The number of imide groups is 1. The zero-order valence-corrected chi connectivity index (χ0v) is 14.2. The van der Waals surface area contributed by atoms with Gasteiger partial charge in [-0.3, -0.25) is 14.4 Å². The summed E-state index contributed by atoms with van der Waals surface area (Å²) < 4.78 is 6.00. The van der Waals surface area contributed by atoms with Crippen molar-refractivity contribution in [1.82, 2.24) is 5.01 Å². The van der Waals surface area contributed by atoms with Crippen LogP contribution in [0, 0.1) is 0 Å². The van der Waals surface area contributed by atoms with E-state index < -0.39 is 23.4 Å². The fourth-order valence-corrected chi connectivity index (χ4v) is 3.30. The molecular formula is C19H15N3O4. The van der Waals surface area contributed by atoms with Gasteiger partial charge in [-0.05, 0) is 18.2 Å². The Morgan fingerprint density at radius 3 is 2.27 bits per heavy atom. The molecule has 3 amide bonds. The predicted molar refractivity (Wildman–Crippen MR) is 92.9 cm³/mol. The summed E-state index contributed by atoms with van der Waals surface area (Å²) in [5.41, 5.74) is -0.382. The highest BCUT2D eigenvalue weighted by atomic mass is 16.6. The van der Waals surface area contributed by atoms with Gasteiger partial charge in [0.05, 0.1) is 11.3 Å². The van der Waals surface area contributed by atoms with Crippen LogP contribution in [-0.4, -0.2) is 28.6 Å². The van der Waals surface area contributed by atoms with Gasteiger partial charge < -0.3 is 4.74 Å². The number of carbonyl (C=O) groups is 3. The summed E-state index contributed by atoms with van der Waals surface area (Å²) in [6.45, 7) is 2.59. The Hall–Kier alpha value is -3.48. The minimum atomic E-state index is -1.81. The summed E-state index contributed by atoms with van der Waals surface area (Å²) >= 11 is 0. The number of fused-ring (bicyclic) bond motifs is 2. The first-order chi connectivity index (χ1) is 12.5. The molecule has 0 radical (unpaired) electrons. The fraction of sp³-hybridized carbons (Fsp3) is 0.158. The van der Waals surface area contributed by atoms with E-state index in [2.05, 4.69) is 5.10 Å². The molecule has 7 heteroatoms. The maximum Gasteiger partial charge on any atom is 0.314 e. The maximum absolute atomic E-state index is 13.2. The van der Waals surface area contributed by atoms with E-state index in [1.807, 2.05) is 6.07 Å². The first-order valence-electron chi connectivity index (χ1n) is 8.05. The third-order valence-corrected chi connectivity index (χ3v) is 4.37. The average molecular weight is 349 g/mol. The molecule has 0 bridgehead atoms. The molecule has 1 spiro atoms. The fourth-order valence-electron chi connectivity index (χ4n) is 3.30. The first-order valence-corrected chi connectivity index (χ1v) is 8.05. The molecule has 2 aliphatic heterocycles. The van der Waals surface area contributed by atoms with Gasteiger partial charge >= 0.3 is 11.6 Å². The number of hydrogen-bond donors (Lipinski definition) is 0. The summed E-state index contributed by atoms with van der Waals surface area (Å²) in [6, 6.07) is 15.7. The third kappa shape index (κ3) is 2.00. The lowest BCUT2D eigenvalue weighted by Crippen LogP contribution is -2.52. The van der Waals surface area contributed by atoms with Gasteiger partial charge in [-0.2, -0.15) is 5.01 Å². The molecule has 2 aromatic rings. The molecule has 1 atom stereocenters. The highest BCUT2D eigenvalue weighted by Gasteiger charge is 2.63. The number of amides is 3. The van der Waals surface area contributed by atoms with Gasteiger partial charge in [0.2, 0.25) is 17.7 Å². The number of carbonyl (C=O) groups excluding carboxylic acids is 3. The van der Waals surface area contributed by atoms with Crippen molar-refractivity contribution in [2.24, 2.45) is 5.10 Å². The Kier molecular flexibility index (Phi) is 3.40. The quantitative estimate of drug-likeness (QED) is 0.788. The summed E-state index contributed by atoms with van der Waals surface area (Å²) in [6.07, 6.45) is 0. The molecule has 0 N–H and O–H groups in total. The highest BCUT2D eigenvalue weighted by Crippen LogP contribution is 2.48. The van der Waals surface area contributed by atoms with Gasteiger partial charge in [0.15, 0.2) is 0 Å². The van der Waals surface area contributed by atoms with Crippen LogP contribution in [0.25, 0.3) is 0 Å². The van der Waals surface area contributed by atoms with E-state index in [0.29, 0.717) is 16.8 Å². The Balaban J connectivity index is 1.92. The van der Waals surface area contributed by atoms with Crippen LogP contribution in [0.2, 0.25) is 0 Å². The van der Waals surface area contributed by atoms with Crippen LogP contribution in [0.3, 0.4) is 0 Å². The number of rotatable bonds is 1. The van der Waals surface area contributed by atoms with E-state index in [1.54, 1.807) is 48.5 Å².